The van der Waals surface area contributed by atoms with Crippen LogP contribution in [0.1, 0.15) is 25.3 Å². The van der Waals surface area contributed by atoms with E-state index in [1.807, 2.05) is 23.1 Å². The lowest BCUT2D eigenvalue weighted by Crippen LogP contribution is -2.42. The summed E-state index contributed by atoms with van der Waals surface area (Å²) < 4.78 is 4.78. The number of para-hydroxylation sites is 1. The molecule has 0 bridgehead atoms. The lowest BCUT2D eigenvalue weighted by atomic mass is 10.2. The van der Waals surface area contributed by atoms with E-state index >= 15 is 0 Å². The zero-order valence-corrected chi connectivity index (χ0v) is 12.7. The third-order valence-corrected chi connectivity index (χ3v) is 3.56. The average Bonchev–Trinajstić information content (AvgIpc) is 2.89. The number of hydrogen-bond donors (Lipinski definition) is 1. The van der Waals surface area contributed by atoms with Gasteiger partial charge in [-0.2, -0.15) is 0 Å². The van der Waals surface area contributed by atoms with Gasteiger partial charge in [0, 0.05) is 18.7 Å². The van der Waals surface area contributed by atoms with Gasteiger partial charge in [0.2, 0.25) is 5.91 Å². The van der Waals surface area contributed by atoms with Crippen molar-refractivity contribution in [2.75, 3.05) is 18.1 Å². The third-order valence-electron chi connectivity index (χ3n) is 3.24. The highest BCUT2D eigenvalue weighted by molar-refractivity contribution is 7.80. The van der Waals surface area contributed by atoms with Crippen LogP contribution in [0.5, 0.6) is 0 Å². The molecular weight excluding hydrogens is 288 g/mol. The molecule has 2 rings (SSSR count). The van der Waals surface area contributed by atoms with Gasteiger partial charge >= 0.3 is 5.97 Å². The second kappa shape index (κ2) is 7.17. The summed E-state index contributed by atoms with van der Waals surface area (Å²) in [6, 6.07) is 7.98. The Morgan fingerprint density at radius 2 is 2.10 bits per heavy atom. The van der Waals surface area contributed by atoms with E-state index < -0.39 is 0 Å². The number of ether oxygens (including phenoxy) is 1. The first-order valence-electron chi connectivity index (χ1n) is 6.96. The van der Waals surface area contributed by atoms with Crippen molar-refractivity contribution in [3.63, 3.8) is 0 Å². The number of rotatable bonds is 4. The molecule has 0 radical (unpaired) electrons. The minimum atomic E-state index is -0.370. The van der Waals surface area contributed by atoms with Crippen LogP contribution in [-0.4, -0.2) is 30.1 Å². The number of amides is 1. The second-order valence-electron chi connectivity index (χ2n) is 4.69. The molecule has 1 aliphatic rings. The molecule has 0 saturated carbocycles. The Balaban J connectivity index is 1.85. The Kier molecular flexibility index (Phi) is 5.27. The van der Waals surface area contributed by atoms with Crippen molar-refractivity contribution in [3.8, 4) is 0 Å². The Bertz CT molecular complexity index is 560. The van der Waals surface area contributed by atoms with Gasteiger partial charge in [0.1, 0.15) is 0 Å². The Labute approximate surface area is 129 Å². The topological polar surface area (TPSA) is 58.6 Å². The summed E-state index contributed by atoms with van der Waals surface area (Å²) in [6.45, 7) is 2.82. The molecule has 0 unspecified atom stereocenters. The predicted molar refractivity (Wildman–Crippen MR) is 84.1 cm³/mol. The summed E-state index contributed by atoms with van der Waals surface area (Å²) in [4.78, 5) is 24.9. The fourth-order valence-electron chi connectivity index (χ4n) is 2.25. The van der Waals surface area contributed by atoms with Crippen molar-refractivity contribution >= 4 is 34.9 Å². The van der Waals surface area contributed by atoms with Crippen LogP contribution in [0.15, 0.2) is 24.3 Å². The smallest absolute Gasteiger partial charge is 0.306 e. The molecule has 6 heteroatoms. The maximum Gasteiger partial charge on any atom is 0.306 e. The fourth-order valence-corrected chi connectivity index (χ4v) is 2.55. The van der Waals surface area contributed by atoms with Crippen LogP contribution in [0.4, 0.5) is 5.69 Å². The van der Waals surface area contributed by atoms with Crippen LogP contribution < -0.4 is 10.2 Å². The van der Waals surface area contributed by atoms with Gasteiger partial charge in [0.15, 0.2) is 5.11 Å². The molecule has 21 heavy (non-hydrogen) atoms. The Morgan fingerprint density at radius 3 is 2.86 bits per heavy atom. The van der Waals surface area contributed by atoms with Gasteiger partial charge in [0.25, 0.3) is 0 Å². The standard InChI is InChI=1S/C15H18N2O3S/c1-2-20-14(19)8-7-13(18)16-15(21)17-10-9-11-5-3-4-6-12(11)17/h3-6H,2,7-10H2,1H3,(H,16,18,21). The molecular formula is C15H18N2O3S. The molecule has 1 N–H and O–H groups in total. The van der Waals surface area contributed by atoms with E-state index in [1.54, 1.807) is 6.92 Å². The van der Waals surface area contributed by atoms with Gasteiger partial charge in [-0.05, 0) is 37.2 Å². The summed E-state index contributed by atoms with van der Waals surface area (Å²) in [6.07, 6.45) is 1.06. The van der Waals surface area contributed by atoms with Gasteiger partial charge in [-0.15, -0.1) is 0 Å². The summed E-state index contributed by atoms with van der Waals surface area (Å²) >= 11 is 5.28. The van der Waals surface area contributed by atoms with Crippen LogP contribution in [0, 0.1) is 0 Å². The first-order valence-corrected chi connectivity index (χ1v) is 7.37. The number of anilines is 1. The number of hydrogen-bond acceptors (Lipinski definition) is 4. The number of carbonyl (C=O) groups is 2. The van der Waals surface area contributed by atoms with E-state index in [4.69, 9.17) is 17.0 Å². The molecule has 0 aromatic heterocycles. The first-order chi connectivity index (χ1) is 10.1. The van der Waals surface area contributed by atoms with E-state index in [0.717, 1.165) is 18.7 Å². The molecule has 0 saturated heterocycles. The molecule has 0 aliphatic carbocycles. The van der Waals surface area contributed by atoms with Crippen LogP contribution in [-0.2, 0) is 20.7 Å². The number of esters is 1. The van der Waals surface area contributed by atoms with Crippen molar-refractivity contribution in [2.24, 2.45) is 0 Å². The van der Waals surface area contributed by atoms with Crippen LogP contribution >= 0.6 is 12.2 Å². The van der Waals surface area contributed by atoms with Crippen molar-refractivity contribution in [2.45, 2.75) is 26.2 Å². The van der Waals surface area contributed by atoms with Crippen LogP contribution in [0.3, 0.4) is 0 Å². The maximum atomic E-state index is 11.8. The summed E-state index contributed by atoms with van der Waals surface area (Å²) in [5, 5.41) is 3.05. The fraction of sp³-hybridized carbons (Fsp3) is 0.400. The zero-order chi connectivity index (χ0) is 15.2. The Morgan fingerprint density at radius 1 is 1.33 bits per heavy atom. The molecule has 1 aromatic rings. The lowest BCUT2D eigenvalue weighted by molar-refractivity contribution is -0.144. The lowest BCUT2D eigenvalue weighted by Gasteiger charge is -2.20. The second-order valence-corrected chi connectivity index (χ2v) is 5.08. The minimum Gasteiger partial charge on any atom is -0.466 e. The molecule has 0 spiro atoms. The number of nitrogens with one attached hydrogen (secondary N) is 1. The van der Waals surface area contributed by atoms with Gasteiger partial charge in [-0.1, -0.05) is 18.2 Å². The SMILES string of the molecule is CCOC(=O)CCC(=O)NC(=S)N1CCc2ccccc21. The van der Waals surface area contributed by atoms with Crippen molar-refractivity contribution in [3.05, 3.63) is 29.8 Å². The average molecular weight is 306 g/mol. The van der Waals surface area contributed by atoms with Gasteiger partial charge < -0.3 is 15.0 Å². The molecule has 0 atom stereocenters. The molecule has 1 heterocycles. The van der Waals surface area contributed by atoms with E-state index in [2.05, 4.69) is 11.4 Å². The molecule has 1 aliphatic heterocycles. The third kappa shape index (κ3) is 4.01. The number of thiocarbonyl (C=S) groups is 1. The highest BCUT2D eigenvalue weighted by Crippen LogP contribution is 2.27. The molecule has 1 amide bonds. The van der Waals surface area contributed by atoms with Crippen molar-refractivity contribution in [1.29, 1.82) is 0 Å². The highest BCUT2D eigenvalue weighted by Gasteiger charge is 2.22. The monoisotopic (exact) mass is 306 g/mol. The predicted octanol–water partition coefficient (Wildman–Crippen LogP) is 1.79. The molecule has 5 nitrogen and oxygen atoms in total. The molecule has 0 fully saturated rings. The number of carbonyl (C=O) groups excluding carboxylic acids is 2. The molecule has 1 aromatic carbocycles. The van der Waals surface area contributed by atoms with E-state index in [1.165, 1.54) is 5.56 Å². The van der Waals surface area contributed by atoms with Crippen molar-refractivity contribution in [1.82, 2.24) is 5.32 Å². The summed E-state index contributed by atoms with van der Waals surface area (Å²) in [5.74, 6) is -0.637. The zero-order valence-electron chi connectivity index (χ0n) is 11.9. The quantitative estimate of drug-likeness (QED) is 0.679. The number of benzene rings is 1. The van der Waals surface area contributed by atoms with Gasteiger partial charge in [0.05, 0.1) is 13.0 Å². The largest absolute Gasteiger partial charge is 0.466 e. The highest BCUT2D eigenvalue weighted by atomic mass is 32.1. The van der Waals surface area contributed by atoms with Crippen LogP contribution in [0.25, 0.3) is 0 Å². The van der Waals surface area contributed by atoms with Gasteiger partial charge in [-0.25, -0.2) is 0 Å². The summed E-state index contributed by atoms with van der Waals surface area (Å²) in [7, 11) is 0. The molecule has 112 valence electrons. The van der Waals surface area contributed by atoms with E-state index in [-0.39, 0.29) is 24.7 Å². The number of fused-ring (bicyclic) bond motifs is 1. The van der Waals surface area contributed by atoms with Crippen LogP contribution in [0.2, 0.25) is 0 Å². The minimum absolute atomic E-state index is 0.0683. The normalized spacial score (nSPS) is 12.7. The maximum absolute atomic E-state index is 11.8. The van der Waals surface area contributed by atoms with E-state index in [0.29, 0.717) is 11.7 Å². The number of nitrogens with zero attached hydrogens (tertiary/aromatic N) is 1. The Hall–Kier alpha value is -1.95. The summed E-state index contributed by atoms with van der Waals surface area (Å²) in [5.41, 5.74) is 2.26. The van der Waals surface area contributed by atoms with E-state index in [9.17, 15) is 9.59 Å². The van der Waals surface area contributed by atoms with Crippen molar-refractivity contribution < 1.29 is 14.3 Å². The first kappa shape index (κ1) is 15.4. The van der Waals surface area contributed by atoms with Gasteiger partial charge in [-0.3, -0.25) is 9.59 Å².